The standard InChI is InChI=1S/C14H19ClN2S/c1-10-5-3-6-11(2)17(10)14(18)16-13-8-4-7-12(15)9-13/h4,7-11H,3,5-6H2,1-2H3,(H,16,18). The molecule has 98 valence electrons. The minimum atomic E-state index is 0.507. The van der Waals surface area contributed by atoms with Gasteiger partial charge in [0, 0.05) is 22.8 Å². The fourth-order valence-electron chi connectivity index (χ4n) is 2.58. The van der Waals surface area contributed by atoms with Crippen LogP contribution in [0.1, 0.15) is 33.1 Å². The first-order valence-corrected chi connectivity index (χ1v) is 7.21. The van der Waals surface area contributed by atoms with Gasteiger partial charge in [0.2, 0.25) is 0 Å². The zero-order valence-corrected chi connectivity index (χ0v) is 12.4. The molecule has 1 aliphatic heterocycles. The lowest BCUT2D eigenvalue weighted by Gasteiger charge is -2.40. The lowest BCUT2D eigenvalue weighted by Crippen LogP contribution is -2.49. The molecule has 1 aromatic carbocycles. The summed E-state index contributed by atoms with van der Waals surface area (Å²) in [5, 5.41) is 4.81. The second-order valence-corrected chi connectivity index (χ2v) is 5.80. The molecule has 0 aromatic heterocycles. The van der Waals surface area contributed by atoms with Gasteiger partial charge in [0.1, 0.15) is 0 Å². The summed E-state index contributed by atoms with van der Waals surface area (Å²) in [6, 6.07) is 8.68. The molecule has 1 saturated heterocycles. The van der Waals surface area contributed by atoms with E-state index in [9.17, 15) is 0 Å². The van der Waals surface area contributed by atoms with Crippen molar-refractivity contribution in [3.63, 3.8) is 0 Å². The van der Waals surface area contributed by atoms with Gasteiger partial charge in [-0.1, -0.05) is 17.7 Å². The van der Waals surface area contributed by atoms with Gasteiger partial charge in [-0.15, -0.1) is 0 Å². The van der Waals surface area contributed by atoms with Crippen LogP contribution in [-0.2, 0) is 0 Å². The summed E-state index contributed by atoms with van der Waals surface area (Å²) >= 11 is 11.5. The minimum absolute atomic E-state index is 0.507. The van der Waals surface area contributed by atoms with E-state index in [1.54, 1.807) is 0 Å². The molecule has 2 unspecified atom stereocenters. The third-order valence-corrected chi connectivity index (χ3v) is 4.05. The molecule has 0 aliphatic carbocycles. The van der Waals surface area contributed by atoms with E-state index in [2.05, 4.69) is 24.1 Å². The second-order valence-electron chi connectivity index (χ2n) is 4.98. The molecule has 2 atom stereocenters. The monoisotopic (exact) mass is 282 g/mol. The SMILES string of the molecule is CC1CCCC(C)N1C(=S)Nc1cccc(Cl)c1. The maximum absolute atomic E-state index is 5.97. The Balaban J connectivity index is 2.07. The summed E-state index contributed by atoms with van der Waals surface area (Å²) in [6.07, 6.45) is 3.71. The number of hydrogen-bond donors (Lipinski definition) is 1. The summed E-state index contributed by atoms with van der Waals surface area (Å²) in [4.78, 5) is 2.31. The van der Waals surface area contributed by atoms with Crippen LogP contribution in [0, 0.1) is 0 Å². The smallest absolute Gasteiger partial charge is 0.173 e. The summed E-state index contributed by atoms with van der Waals surface area (Å²) in [7, 11) is 0. The highest BCUT2D eigenvalue weighted by Crippen LogP contribution is 2.24. The van der Waals surface area contributed by atoms with Gasteiger partial charge in [-0.05, 0) is 63.5 Å². The molecule has 2 nitrogen and oxygen atoms in total. The van der Waals surface area contributed by atoms with E-state index in [-0.39, 0.29) is 0 Å². The van der Waals surface area contributed by atoms with Crippen LogP contribution in [0.5, 0.6) is 0 Å². The van der Waals surface area contributed by atoms with Crippen molar-refractivity contribution in [2.45, 2.75) is 45.2 Å². The van der Waals surface area contributed by atoms with E-state index in [0.717, 1.165) is 15.8 Å². The molecule has 18 heavy (non-hydrogen) atoms. The number of anilines is 1. The minimum Gasteiger partial charge on any atom is -0.344 e. The van der Waals surface area contributed by atoms with Crippen molar-refractivity contribution in [3.8, 4) is 0 Å². The molecule has 1 heterocycles. The van der Waals surface area contributed by atoms with Crippen LogP contribution in [0.25, 0.3) is 0 Å². The van der Waals surface area contributed by atoms with Gasteiger partial charge in [0.15, 0.2) is 5.11 Å². The van der Waals surface area contributed by atoms with Crippen LogP contribution >= 0.6 is 23.8 Å². The van der Waals surface area contributed by atoms with Gasteiger partial charge in [-0.2, -0.15) is 0 Å². The highest BCUT2D eigenvalue weighted by molar-refractivity contribution is 7.80. The van der Waals surface area contributed by atoms with Crippen molar-refractivity contribution in [2.75, 3.05) is 5.32 Å². The Morgan fingerprint density at radius 2 is 2.00 bits per heavy atom. The number of thiocarbonyl (C=S) groups is 1. The first kappa shape index (κ1) is 13.6. The molecular formula is C14H19ClN2S. The second kappa shape index (κ2) is 5.89. The molecular weight excluding hydrogens is 264 g/mol. The molecule has 1 aromatic rings. The zero-order chi connectivity index (χ0) is 13.1. The van der Waals surface area contributed by atoms with Crippen molar-refractivity contribution >= 4 is 34.6 Å². The molecule has 4 heteroatoms. The Hall–Kier alpha value is -0.800. The number of benzene rings is 1. The van der Waals surface area contributed by atoms with E-state index < -0.39 is 0 Å². The quantitative estimate of drug-likeness (QED) is 0.773. The number of halogens is 1. The predicted molar refractivity (Wildman–Crippen MR) is 82.3 cm³/mol. The molecule has 2 rings (SSSR count). The highest BCUT2D eigenvalue weighted by atomic mass is 35.5. The Morgan fingerprint density at radius 1 is 1.33 bits per heavy atom. The molecule has 0 radical (unpaired) electrons. The molecule has 0 amide bonds. The van der Waals surface area contributed by atoms with Gasteiger partial charge >= 0.3 is 0 Å². The molecule has 0 saturated carbocycles. The molecule has 1 fully saturated rings. The van der Waals surface area contributed by atoms with E-state index in [0.29, 0.717) is 12.1 Å². The molecule has 0 bridgehead atoms. The van der Waals surface area contributed by atoms with Gasteiger partial charge in [0.25, 0.3) is 0 Å². The number of hydrogen-bond acceptors (Lipinski definition) is 1. The topological polar surface area (TPSA) is 15.3 Å². The maximum atomic E-state index is 5.97. The molecule has 1 N–H and O–H groups in total. The van der Waals surface area contributed by atoms with E-state index in [1.165, 1.54) is 19.3 Å². The average molecular weight is 283 g/mol. The third-order valence-electron chi connectivity index (χ3n) is 3.50. The Kier molecular flexibility index (Phi) is 4.46. The fraction of sp³-hybridized carbons (Fsp3) is 0.500. The summed E-state index contributed by atoms with van der Waals surface area (Å²) < 4.78 is 0. The van der Waals surface area contributed by atoms with Crippen molar-refractivity contribution < 1.29 is 0 Å². The third kappa shape index (κ3) is 3.15. The number of rotatable bonds is 1. The van der Waals surface area contributed by atoms with Gasteiger partial charge in [0.05, 0.1) is 0 Å². The lowest BCUT2D eigenvalue weighted by atomic mass is 9.98. The Bertz CT molecular complexity index is 426. The van der Waals surface area contributed by atoms with Gasteiger partial charge in [-0.25, -0.2) is 0 Å². The number of piperidine rings is 1. The number of nitrogens with one attached hydrogen (secondary N) is 1. The molecule has 1 aliphatic rings. The largest absolute Gasteiger partial charge is 0.344 e. The van der Waals surface area contributed by atoms with E-state index in [1.807, 2.05) is 24.3 Å². The highest BCUT2D eigenvalue weighted by Gasteiger charge is 2.26. The maximum Gasteiger partial charge on any atom is 0.173 e. The van der Waals surface area contributed by atoms with Crippen LogP contribution < -0.4 is 5.32 Å². The van der Waals surface area contributed by atoms with Crippen LogP contribution in [-0.4, -0.2) is 22.1 Å². The van der Waals surface area contributed by atoms with Gasteiger partial charge < -0.3 is 10.2 Å². The zero-order valence-electron chi connectivity index (χ0n) is 10.8. The van der Waals surface area contributed by atoms with Crippen LogP contribution in [0.2, 0.25) is 5.02 Å². The van der Waals surface area contributed by atoms with Crippen LogP contribution in [0.4, 0.5) is 5.69 Å². The number of likely N-dealkylation sites (tertiary alicyclic amines) is 1. The fourth-order valence-corrected chi connectivity index (χ4v) is 3.24. The number of nitrogens with zero attached hydrogens (tertiary/aromatic N) is 1. The van der Waals surface area contributed by atoms with Crippen molar-refractivity contribution in [1.82, 2.24) is 4.90 Å². The predicted octanol–water partition coefficient (Wildman–Crippen LogP) is 4.30. The van der Waals surface area contributed by atoms with Crippen molar-refractivity contribution in [1.29, 1.82) is 0 Å². The first-order valence-electron chi connectivity index (χ1n) is 6.43. The molecule has 0 spiro atoms. The van der Waals surface area contributed by atoms with Crippen LogP contribution in [0.15, 0.2) is 24.3 Å². The average Bonchev–Trinajstić information content (AvgIpc) is 2.28. The van der Waals surface area contributed by atoms with E-state index >= 15 is 0 Å². The summed E-state index contributed by atoms with van der Waals surface area (Å²) in [5.41, 5.74) is 0.956. The van der Waals surface area contributed by atoms with Crippen molar-refractivity contribution in [3.05, 3.63) is 29.3 Å². The Morgan fingerprint density at radius 3 is 2.61 bits per heavy atom. The van der Waals surface area contributed by atoms with Gasteiger partial charge in [-0.3, -0.25) is 0 Å². The van der Waals surface area contributed by atoms with Crippen molar-refractivity contribution in [2.24, 2.45) is 0 Å². The summed E-state index contributed by atoms with van der Waals surface area (Å²) in [5.74, 6) is 0. The first-order chi connectivity index (χ1) is 8.58. The summed E-state index contributed by atoms with van der Waals surface area (Å²) in [6.45, 7) is 4.48. The Labute approximate surface area is 119 Å². The van der Waals surface area contributed by atoms with Crippen LogP contribution in [0.3, 0.4) is 0 Å². The normalized spacial score (nSPS) is 23.8. The van der Waals surface area contributed by atoms with E-state index in [4.69, 9.17) is 23.8 Å². The lowest BCUT2D eigenvalue weighted by molar-refractivity contribution is 0.194.